The Labute approximate surface area is 173 Å². The largest absolute Gasteiger partial charge is 0.461 e. The van der Waals surface area contributed by atoms with Crippen LogP contribution in [0.5, 0.6) is 11.5 Å². The standard InChI is InChI=1S/C21H19Cl3O3/c1-21(2)17(11-18(23)24)19(21)20(25)26-12-13-4-3-5-16(10-13)27-15-8-6-14(22)7-9-15/h3-11,17,19H,12H2,1-2H3/t17-,19-/m1/s1. The third-order valence-electron chi connectivity index (χ3n) is 4.80. The summed E-state index contributed by atoms with van der Waals surface area (Å²) in [5.74, 6) is 0.848. The molecule has 2 aromatic rings. The van der Waals surface area contributed by atoms with Crippen LogP contribution in [0.4, 0.5) is 0 Å². The summed E-state index contributed by atoms with van der Waals surface area (Å²) in [6, 6.07) is 14.5. The Bertz CT molecular complexity index is 855. The van der Waals surface area contributed by atoms with Gasteiger partial charge in [-0.3, -0.25) is 4.79 Å². The molecule has 1 fully saturated rings. The van der Waals surface area contributed by atoms with Crippen molar-refractivity contribution in [3.05, 3.63) is 69.7 Å². The average molecular weight is 426 g/mol. The fourth-order valence-electron chi connectivity index (χ4n) is 3.16. The van der Waals surface area contributed by atoms with E-state index in [9.17, 15) is 4.79 Å². The summed E-state index contributed by atoms with van der Waals surface area (Å²) < 4.78 is 11.5. The summed E-state index contributed by atoms with van der Waals surface area (Å²) in [4.78, 5) is 12.4. The number of rotatable bonds is 6. The summed E-state index contributed by atoms with van der Waals surface area (Å²) in [6.45, 7) is 4.17. The highest BCUT2D eigenvalue weighted by atomic mass is 35.5. The summed E-state index contributed by atoms with van der Waals surface area (Å²) in [6.07, 6.45) is 1.70. The SMILES string of the molecule is CC1(C)[C@H](C=C(Cl)Cl)[C@@H]1C(=O)OCc1cccc(Oc2ccc(Cl)cc2)c1. The van der Waals surface area contributed by atoms with Crippen LogP contribution in [-0.4, -0.2) is 5.97 Å². The van der Waals surface area contributed by atoms with Gasteiger partial charge in [0, 0.05) is 5.02 Å². The Morgan fingerprint density at radius 2 is 1.81 bits per heavy atom. The van der Waals surface area contributed by atoms with Crippen LogP contribution in [0.25, 0.3) is 0 Å². The Kier molecular flexibility index (Phi) is 6.05. The highest BCUT2D eigenvalue weighted by Crippen LogP contribution is 2.60. The molecule has 0 spiro atoms. The molecule has 3 rings (SSSR count). The van der Waals surface area contributed by atoms with Gasteiger partial charge in [-0.2, -0.15) is 0 Å². The van der Waals surface area contributed by atoms with Crippen molar-refractivity contribution in [3.63, 3.8) is 0 Å². The zero-order valence-electron chi connectivity index (χ0n) is 14.9. The zero-order valence-corrected chi connectivity index (χ0v) is 17.2. The fourth-order valence-corrected chi connectivity index (χ4v) is 3.55. The lowest BCUT2D eigenvalue weighted by Crippen LogP contribution is -2.10. The molecule has 1 aliphatic rings. The minimum Gasteiger partial charge on any atom is -0.461 e. The van der Waals surface area contributed by atoms with Gasteiger partial charge in [-0.15, -0.1) is 0 Å². The second-order valence-electron chi connectivity index (χ2n) is 7.09. The topological polar surface area (TPSA) is 35.5 Å². The fraction of sp³-hybridized carbons (Fsp3) is 0.286. The number of hydrogen-bond donors (Lipinski definition) is 0. The normalized spacial score (nSPS) is 19.9. The number of allylic oxidation sites excluding steroid dienone is 1. The first-order valence-corrected chi connectivity index (χ1v) is 9.62. The molecular formula is C21H19Cl3O3. The monoisotopic (exact) mass is 424 g/mol. The molecule has 0 aliphatic heterocycles. The lowest BCUT2D eigenvalue weighted by molar-refractivity contribution is -0.147. The van der Waals surface area contributed by atoms with E-state index in [1.807, 2.05) is 38.1 Å². The van der Waals surface area contributed by atoms with Crippen LogP contribution in [0.15, 0.2) is 59.1 Å². The van der Waals surface area contributed by atoms with Gasteiger partial charge in [-0.25, -0.2) is 0 Å². The smallest absolute Gasteiger partial charge is 0.310 e. The summed E-state index contributed by atoms with van der Waals surface area (Å²) in [5, 5.41) is 0.648. The van der Waals surface area contributed by atoms with Crippen LogP contribution >= 0.6 is 34.8 Å². The van der Waals surface area contributed by atoms with E-state index in [1.165, 1.54) is 0 Å². The molecule has 3 nitrogen and oxygen atoms in total. The molecule has 0 unspecified atom stereocenters. The molecule has 0 radical (unpaired) electrons. The van der Waals surface area contributed by atoms with Crippen molar-refractivity contribution in [1.29, 1.82) is 0 Å². The average Bonchev–Trinajstić information content (AvgIpc) is 3.14. The van der Waals surface area contributed by atoms with Crippen molar-refractivity contribution in [2.75, 3.05) is 0 Å². The van der Waals surface area contributed by atoms with Gasteiger partial charge in [0.2, 0.25) is 0 Å². The molecular weight excluding hydrogens is 407 g/mol. The van der Waals surface area contributed by atoms with Crippen LogP contribution in [-0.2, 0) is 16.1 Å². The predicted octanol–water partition coefficient (Wildman–Crippen LogP) is 6.77. The van der Waals surface area contributed by atoms with Gasteiger partial charge in [0.1, 0.15) is 22.6 Å². The molecule has 0 bridgehead atoms. The van der Waals surface area contributed by atoms with Gasteiger partial charge in [0.05, 0.1) is 5.92 Å². The Hall–Kier alpha value is -1.68. The molecule has 6 heteroatoms. The van der Waals surface area contributed by atoms with Crippen molar-refractivity contribution in [2.45, 2.75) is 20.5 Å². The number of esters is 1. The number of ether oxygens (including phenoxy) is 2. The van der Waals surface area contributed by atoms with Crippen molar-refractivity contribution < 1.29 is 14.3 Å². The van der Waals surface area contributed by atoms with E-state index in [2.05, 4.69) is 0 Å². The predicted molar refractivity (Wildman–Crippen MR) is 108 cm³/mol. The van der Waals surface area contributed by atoms with Gasteiger partial charge in [0.25, 0.3) is 0 Å². The van der Waals surface area contributed by atoms with Crippen molar-refractivity contribution in [3.8, 4) is 11.5 Å². The number of carbonyl (C=O) groups is 1. The molecule has 0 N–H and O–H groups in total. The van der Waals surface area contributed by atoms with Crippen molar-refractivity contribution in [2.24, 2.45) is 17.3 Å². The summed E-state index contributed by atoms with van der Waals surface area (Å²) in [7, 11) is 0. The molecule has 1 saturated carbocycles. The highest BCUT2D eigenvalue weighted by molar-refractivity contribution is 6.55. The van der Waals surface area contributed by atoms with Crippen LogP contribution in [0.3, 0.4) is 0 Å². The van der Waals surface area contributed by atoms with Crippen molar-refractivity contribution >= 4 is 40.8 Å². The van der Waals surface area contributed by atoms with E-state index in [-0.39, 0.29) is 34.3 Å². The van der Waals surface area contributed by atoms with Crippen LogP contribution in [0.2, 0.25) is 5.02 Å². The maximum Gasteiger partial charge on any atom is 0.310 e. The first-order chi connectivity index (χ1) is 12.8. The number of halogens is 3. The third-order valence-corrected chi connectivity index (χ3v) is 5.30. The van der Waals surface area contributed by atoms with Gasteiger partial charge >= 0.3 is 5.97 Å². The van der Waals surface area contributed by atoms with E-state index in [0.717, 1.165) is 5.56 Å². The van der Waals surface area contributed by atoms with Crippen LogP contribution in [0, 0.1) is 17.3 Å². The van der Waals surface area contributed by atoms with Gasteiger partial charge in [-0.1, -0.05) is 60.8 Å². The first-order valence-electron chi connectivity index (χ1n) is 8.49. The molecule has 2 aromatic carbocycles. The molecule has 2 atom stereocenters. The first kappa shape index (κ1) is 20.1. The van der Waals surface area contributed by atoms with Crippen LogP contribution in [0.1, 0.15) is 19.4 Å². The number of benzene rings is 2. The molecule has 0 heterocycles. The van der Waals surface area contributed by atoms with E-state index in [0.29, 0.717) is 16.5 Å². The second-order valence-corrected chi connectivity index (χ2v) is 8.54. The Morgan fingerprint density at radius 3 is 2.48 bits per heavy atom. The summed E-state index contributed by atoms with van der Waals surface area (Å²) >= 11 is 17.3. The molecule has 0 saturated heterocycles. The number of carbonyl (C=O) groups excluding carboxylic acids is 1. The molecule has 1 aliphatic carbocycles. The van der Waals surface area contributed by atoms with Gasteiger partial charge in [0.15, 0.2) is 0 Å². The summed E-state index contributed by atoms with van der Waals surface area (Å²) in [5.41, 5.74) is 0.641. The lowest BCUT2D eigenvalue weighted by atomic mass is 10.1. The molecule has 27 heavy (non-hydrogen) atoms. The van der Waals surface area contributed by atoms with Crippen molar-refractivity contribution in [1.82, 2.24) is 0 Å². The minimum atomic E-state index is -0.250. The second kappa shape index (κ2) is 8.14. The van der Waals surface area contributed by atoms with E-state index >= 15 is 0 Å². The van der Waals surface area contributed by atoms with Gasteiger partial charge in [-0.05, 0) is 59.4 Å². The minimum absolute atomic E-state index is 0.00503. The maximum atomic E-state index is 12.4. The molecule has 0 amide bonds. The van der Waals surface area contributed by atoms with Crippen LogP contribution < -0.4 is 4.74 Å². The van der Waals surface area contributed by atoms with E-state index < -0.39 is 0 Å². The van der Waals surface area contributed by atoms with E-state index in [4.69, 9.17) is 44.3 Å². The lowest BCUT2D eigenvalue weighted by Gasteiger charge is -2.09. The highest BCUT2D eigenvalue weighted by Gasteiger charge is 2.61. The Balaban J connectivity index is 1.59. The third kappa shape index (κ3) is 4.98. The molecule has 142 valence electrons. The molecule has 0 aromatic heterocycles. The van der Waals surface area contributed by atoms with E-state index in [1.54, 1.807) is 30.3 Å². The number of hydrogen-bond acceptors (Lipinski definition) is 3. The maximum absolute atomic E-state index is 12.4. The Morgan fingerprint density at radius 1 is 1.11 bits per heavy atom. The zero-order chi connectivity index (χ0) is 19.6. The quantitative estimate of drug-likeness (QED) is 0.479. The van der Waals surface area contributed by atoms with Gasteiger partial charge < -0.3 is 9.47 Å².